The molecule has 0 aromatic carbocycles. The molecule has 250 valence electrons. The number of nitrogens with zero attached hydrogens (tertiary/aromatic N) is 1. The lowest BCUT2D eigenvalue weighted by atomic mass is 9.66. The van der Waals surface area contributed by atoms with Crippen LogP contribution in [0.15, 0.2) is 118 Å². The van der Waals surface area contributed by atoms with Crippen molar-refractivity contribution in [1.29, 1.82) is 0 Å². The average Bonchev–Trinajstić information content (AvgIpc) is 3.14. The van der Waals surface area contributed by atoms with Crippen LogP contribution in [0.5, 0.6) is 0 Å². The van der Waals surface area contributed by atoms with E-state index in [1.165, 1.54) is 17.2 Å². The summed E-state index contributed by atoms with van der Waals surface area (Å²) < 4.78 is 0. The van der Waals surface area contributed by atoms with Crippen LogP contribution >= 0.6 is 0 Å². The van der Waals surface area contributed by atoms with Crippen LogP contribution in [0.25, 0.3) is 0 Å². The van der Waals surface area contributed by atoms with Crippen molar-refractivity contribution in [1.82, 2.24) is 0 Å². The monoisotopic (exact) mass is 629 g/mol. The zero-order chi connectivity index (χ0) is 34.9. The molecule has 0 bridgehead atoms. The van der Waals surface area contributed by atoms with E-state index < -0.39 is 16.4 Å². The van der Waals surface area contributed by atoms with Gasteiger partial charge in [-0.25, -0.2) is 0 Å². The Bertz CT molecular complexity index is 1470. The topological polar surface area (TPSA) is 101 Å². The van der Waals surface area contributed by atoms with Crippen LogP contribution in [-0.2, 0) is 4.79 Å². The van der Waals surface area contributed by atoms with Gasteiger partial charge in [-0.05, 0) is 88.4 Å². The number of aliphatic hydroxyl groups is 2. The molecule has 6 heteroatoms. The Morgan fingerprint density at radius 3 is 1.87 bits per heavy atom. The van der Waals surface area contributed by atoms with Crippen LogP contribution in [0.3, 0.4) is 0 Å². The molecule has 0 saturated heterocycles. The maximum atomic E-state index is 13.0. The Hall–Kier alpha value is -3.61. The van der Waals surface area contributed by atoms with E-state index in [0.717, 1.165) is 28.7 Å². The molecule has 3 atom stereocenters. The zero-order valence-electron chi connectivity index (χ0n) is 29.6. The molecule has 46 heavy (non-hydrogen) atoms. The van der Waals surface area contributed by atoms with E-state index in [4.69, 9.17) is 0 Å². The molecule has 2 N–H and O–H groups in total. The Labute approximate surface area is 276 Å². The van der Waals surface area contributed by atoms with Gasteiger partial charge in [0.25, 0.3) is 5.70 Å². The van der Waals surface area contributed by atoms with Crippen LogP contribution in [-0.4, -0.2) is 33.1 Å². The Balaban J connectivity index is 2.05. The second kappa shape index (κ2) is 16.3. The summed E-state index contributed by atoms with van der Waals surface area (Å²) in [6.45, 7) is 20.0. The number of rotatable bonds is 12. The van der Waals surface area contributed by atoms with E-state index in [1.54, 1.807) is 24.3 Å². The first-order chi connectivity index (χ1) is 21.3. The minimum atomic E-state index is -0.592. The molecule has 1 saturated carbocycles. The van der Waals surface area contributed by atoms with Gasteiger partial charge >= 0.3 is 0 Å². The summed E-state index contributed by atoms with van der Waals surface area (Å²) in [4.78, 5) is 24.3. The van der Waals surface area contributed by atoms with Gasteiger partial charge in [0.05, 0.1) is 17.1 Å². The van der Waals surface area contributed by atoms with Gasteiger partial charge in [0.1, 0.15) is 0 Å². The summed E-state index contributed by atoms with van der Waals surface area (Å²) in [5.41, 5.74) is 5.08. The molecule has 6 nitrogen and oxygen atoms in total. The van der Waals surface area contributed by atoms with Crippen molar-refractivity contribution in [2.24, 2.45) is 16.2 Å². The summed E-state index contributed by atoms with van der Waals surface area (Å²) in [5, 5.41) is 31.9. The van der Waals surface area contributed by atoms with Crippen molar-refractivity contribution in [3.63, 3.8) is 0 Å². The third-order valence-electron chi connectivity index (χ3n) is 9.45. The number of allylic oxidation sites excluding steroid dienone is 18. The second-order valence-corrected chi connectivity index (χ2v) is 14.6. The average molecular weight is 630 g/mol. The second-order valence-electron chi connectivity index (χ2n) is 14.6. The van der Waals surface area contributed by atoms with Crippen molar-refractivity contribution in [3.05, 3.63) is 128 Å². The van der Waals surface area contributed by atoms with E-state index in [2.05, 4.69) is 32.9 Å². The Morgan fingerprint density at radius 1 is 0.761 bits per heavy atom. The highest BCUT2D eigenvalue weighted by Crippen LogP contribution is 2.53. The fourth-order valence-corrected chi connectivity index (χ4v) is 6.38. The van der Waals surface area contributed by atoms with Crippen LogP contribution in [0.1, 0.15) is 94.9 Å². The number of hydrogen-bond acceptors (Lipinski definition) is 5. The molecule has 1 fully saturated rings. The first kappa shape index (κ1) is 38.6. The van der Waals surface area contributed by atoms with Gasteiger partial charge in [-0.2, -0.15) is 0 Å². The predicted molar refractivity (Wildman–Crippen MR) is 191 cm³/mol. The van der Waals surface area contributed by atoms with Gasteiger partial charge in [-0.1, -0.05) is 118 Å². The molecule has 0 radical (unpaired) electrons. The molecule has 2 aliphatic rings. The van der Waals surface area contributed by atoms with Gasteiger partial charge in [-0.15, -0.1) is 0 Å². The third-order valence-corrected chi connectivity index (χ3v) is 9.45. The van der Waals surface area contributed by atoms with E-state index in [0.29, 0.717) is 19.3 Å². The molecule has 2 rings (SSSR count). The Kier molecular flexibility index (Phi) is 13.7. The van der Waals surface area contributed by atoms with Crippen LogP contribution in [0.4, 0.5) is 0 Å². The lowest BCUT2D eigenvalue weighted by molar-refractivity contribution is -0.419. The summed E-state index contributed by atoms with van der Waals surface area (Å²) in [7, 11) is 0. The smallest absolute Gasteiger partial charge is 0.269 e. The van der Waals surface area contributed by atoms with Crippen molar-refractivity contribution >= 4 is 5.78 Å². The minimum absolute atomic E-state index is 0.0127. The van der Waals surface area contributed by atoms with Gasteiger partial charge < -0.3 is 10.2 Å². The fourth-order valence-electron chi connectivity index (χ4n) is 6.38. The lowest BCUT2D eigenvalue weighted by Crippen LogP contribution is -2.36. The van der Waals surface area contributed by atoms with Crippen LogP contribution in [0.2, 0.25) is 0 Å². The number of carbonyl (C=O) groups excluding carboxylic acids is 1. The highest BCUT2D eigenvalue weighted by Gasteiger charge is 2.52. The van der Waals surface area contributed by atoms with E-state index >= 15 is 0 Å². The molecule has 0 aromatic rings. The fraction of sp³-hybridized carbons (Fsp3) is 0.475. The zero-order valence-corrected chi connectivity index (χ0v) is 29.6. The van der Waals surface area contributed by atoms with Gasteiger partial charge in [0.15, 0.2) is 5.78 Å². The normalized spacial score (nSPS) is 26.8. The number of aliphatic hydroxyl groups excluding tert-OH is 2. The number of nitro groups is 1. The quantitative estimate of drug-likeness (QED) is 0.0969. The third kappa shape index (κ3) is 11.0. The van der Waals surface area contributed by atoms with Gasteiger partial charge in [-0.3, -0.25) is 14.9 Å². The number of ketones is 1. The summed E-state index contributed by atoms with van der Waals surface area (Å²) in [5.74, 6) is 0.0226. The number of carbonyl (C=O) groups is 1. The van der Waals surface area contributed by atoms with Crippen molar-refractivity contribution in [2.75, 3.05) is 0 Å². The predicted octanol–water partition coefficient (Wildman–Crippen LogP) is 9.41. The summed E-state index contributed by atoms with van der Waals surface area (Å²) in [6, 6.07) is 0. The van der Waals surface area contributed by atoms with Crippen molar-refractivity contribution < 1.29 is 19.9 Å². The molecule has 0 aliphatic heterocycles. The molecular formula is C40H55NO5. The standard InChI is InChI=1S/C40H55NO5/c1-28(13-11-14-30(3)19-22-37(44)40(10)27-35(43)26-39(40,8)9)17-20-33(41(45)46)23-31(4)16-12-15-29(2)18-21-36-32(5)24-34(42)25-38(36,6)7/h11-23,34-35,42-43H,24-27H2,1-10H3/b13-11+,16-12+,21-18+,22-19+,28-17+,29-15+,30-14+,31-23-,33-20-/t34-,35+,40+/m1/s1. The molecule has 0 aromatic heterocycles. The maximum absolute atomic E-state index is 13.0. The largest absolute Gasteiger partial charge is 0.393 e. The van der Waals surface area contributed by atoms with Crippen molar-refractivity contribution in [3.8, 4) is 0 Å². The van der Waals surface area contributed by atoms with E-state index in [9.17, 15) is 25.1 Å². The van der Waals surface area contributed by atoms with Crippen molar-refractivity contribution in [2.45, 2.75) is 107 Å². The minimum Gasteiger partial charge on any atom is -0.393 e. The first-order valence-corrected chi connectivity index (χ1v) is 16.2. The molecule has 0 amide bonds. The number of hydrogen-bond donors (Lipinski definition) is 2. The van der Waals surface area contributed by atoms with Gasteiger partial charge in [0.2, 0.25) is 0 Å². The highest BCUT2D eigenvalue weighted by atomic mass is 16.6. The summed E-state index contributed by atoms with van der Waals surface area (Å²) >= 11 is 0. The Morgan fingerprint density at radius 2 is 1.33 bits per heavy atom. The molecule has 0 spiro atoms. The van der Waals surface area contributed by atoms with Crippen LogP contribution < -0.4 is 0 Å². The van der Waals surface area contributed by atoms with Gasteiger partial charge in [0, 0.05) is 17.6 Å². The summed E-state index contributed by atoms with van der Waals surface area (Å²) in [6.07, 6.45) is 25.4. The molecule has 0 unspecified atom stereocenters. The highest BCUT2D eigenvalue weighted by molar-refractivity contribution is 5.95. The van der Waals surface area contributed by atoms with Crippen LogP contribution in [0, 0.1) is 26.4 Å². The van der Waals surface area contributed by atoms with E-state index in [-0.39, 0.29) is 28.4 Å². The molecule has 0 heterocycles. The van der Waals surface area contributed by atoms with E-state index in [1.807, 2.05) is 84.9 Å². The SMILES string of the molecule is CC1=C(/C=C/C(C)=C/C=C/C(C)=C\C(=C\C=C(C)\C=C\C=C(C)\C=C\C(=O)[C@]2(C)C[C@@H](O)CC2(C)C)[N+](=O)[O-])C(C)(C)C[C@H](O)C1. The molecule has 2 aliphatic carbocycles. The first-order valence-electron chi connectivity index (χ1n) is 16.2. The lowest BCUT2D eigenvalue weighted by Gasteiger charge is -2.35. The maximum Gasteiger partial charge on any atom is 0.269 e. The molecular weight excluding hydrogens is 574 g/mol.